The smallest absolute Gasteiger partial charge is 0.259 e. The molecule has 29 heavy (non-hydrogen) atoms. The summed E-state index contributed by atoms with van der Waals surface area (Å²) in [6.45, 7) is 0.950. The number of piperidine rings is 1. The first kappa shape index (κ1) is 19.0. The summed E-state index contributed by atoms with van der Waals surface area (Å²) in [5.41, 5.74) is 0.456. The van der Waals surface area contributed by atoms with E-state index in [1.807, 2.05) is 0 Å². The number of hydrogen-bond donors (Lipinski definition) is 1. The molecule has 0 saturated carbocycles. The van der Waals surface area contributed by atoms with Gasteiger partial charge in [-0.05, 0) is 37.1 Å². The standard InChI is InChI=1S/C20H18F2N4O3/c21-15-2-3-16(22)14(9-15)10-18(28)26-7-5-12(6-8-26)19-24-20(29-25-19)13-1-4-17(27)23-11-13/h1-4,9,11-12H,5-8,10H2,(H,23,27). The first-order chi connectivity index (χ1) is 14.0. The summed E-state index contributed by atoms with van der Waals surface area (Å²) in [6.07, 6.45) is 2.61. The number of aromatic amines is 1. The average molecular weight is 400 g/mol. The lowest BCUT2D eigenvalue weighted by molar-refractivity contribution is -0.131. The summed E-state index contributed by atoms with van der Waals surface area (Å²) in [5.74, 6) is -0.495. The molecule has 0 bridgehead atoms. The van der Waals surface area contributed by atoms with Gasteiger partial charge in [0.2, 0.25) is 11.5 Å². The molecule has 1 aliphatic rings. The van der Waals surface area contributed by atoms with E-state index in [1.165, 1.54) is 12.3 Å². The molecule has 0 atom stereocenters. The maximum absolute atomic E-state index is 13.8. The quantitative estimate of drug-likeness (QED) is 0.727. The highest BCUT2D eigenvalue weighted by Crippen LogP contribution is 2.28. The van der Waals surface area contributed by atoms with Gasteiger partial charge in [-0.15, -0.1) is 0 Å². The average Bonchev–Trinajstić information content (AvgIpc) is 3.21. The fourth-order valence-electron chi connectivity index (χ4n) is 3.40. The molecule has 1 aromatic carbocycles. The van der Waals surface area contributed by atoms with Gasteiger partial charge in [0.1, 0.15) is 11.6 Å². The van der Waals surface area contributed by atoms with E-state index >= 15 is 0 Å². The van der Waals surface area contributed by atoms with Crippen LogP contribution in [0.4, 0.5) is 8.78 Å². The Bertz CT molecular complexity index is 1070. The maximum Gasteiger partial charge on any atom is 0.259 e. The van der Waals surface area contributed by atoms with E-state index in [-0.39, 0.29) is 29.4 Å². The molecule has 1 fully saturated rings. The van der Waals surface area contributed by atoms with Crippen LogP contribution in [0.5, 0.6) is 0 Å². The number of hydrogen-bond acceptors (Lipinski definition) is 5. The van der Waals surface area contributed by atoms with Gasteiger partial charge in [0.15, 0.2) is 5.82 Å². The van der Waals surface area contributed by atoms with E-state index in [9.17, 15) is 18.4 Å². The molecule has 2 aromatic heterocycles. The number of nitrogens with one attached hydrogen (secondary N) is 1. The Morgan fingerprint density at radius 1 is 1.21 bits per heavy atom. The first-order valence-corrected chi connectivity index (χ1v) is 9.24. The second-order valence-electron chi connectivity index (χ2n) is 6.97. The van der Waals surface area contributed by atoms with Gasteiger partial charge in [-0.25, -0.2) is 8.78 Å². The summed E-state index contributed by atoms with van der Waals surface area (Å²) >= 11 is 0. The zero-order chi connectivity index (χ0) is 20.4. The molecule has 9 heteroatoms. The van der Waals surface area contributed by atoms with Crippen LogP contribution >= 0.6 is 0 Å². The molecular weight excluding hydrogens is 382 g/mol. The summed E-state index contributed by atoms with van der Waals surface area (Å²) in [6, 6.07) is 6.09. The minimum atomic E-state index is -0.587. The Labute approximate surface area is 164 Å². The summed E-state index contributed by atoms with van der Waals surface area (Å²) in [7, 11) is 0. The zero-order valence-corrected chi connectivity index (χ0v) is 15.4. The Kier molecular flexibility index (Phi) is 5.20. The van der Waals surface area contributed by atoms with Crippen molar-refractivity contribution in [1.82, 2.24) is 20.0 Å². The van der Waals surface area contributed by atoms with Gasteiger partial charge < -0.3 is 14.4 Å². The number of carbonyl (C=O) groups is 1. The number of pyridine rings is 1. The van der Waals surface area contributed by atoms with E-state index in [2.05, 4.69) is 15.1 Å². The van der Waals surface area contributed by atoms with Crippen molar-refractivity contribution in [3.63, 3.8) is 0 Å². The third-order valence-electron chi connectivity index (χ3n) is 5.04. The summed E-state index contributed by atoms with van der Waals surface area (Å²) in [5, 5.41) is 4.02. The summed E-state index contributed by atoms with van der Waals surface area (Å²) in [4.78, 5) is 32.2. The molecule has 0 unspecified atom stereocenters. The predicted molar refractivity (Wildman–Crippen MR) is 99.0 cm³/mol. The number of benzene rings is 1. The molecule has 1 saturated heterocycles. The van der Waals surface area contributed by atoms with Gasteiger partial charge in [0, 0.05) is 36.8 Å². The zero-order valence-electron chi connectivity index (χ0n) is 15.4. The molecule has 3 aromatic rings. The van der Waals surface area contributed by atoms with Crippen molar-refractivity contribution >= 4 is 5.91 Å². The van der Waals surface area contributed by atoms with Crippen molar-refractivity contribution in [3.8, 4) is 11.5 Å². The van der Waals surface area contributed by atoms with Gasteiger partial charge in [-0.1, -0.05) is 5.16 Å². The fourth-order valence-corrected chi connectivity index (χ4v) is 3.40. The molecular formula is C20H18F2N4O3. The highest BCUT2D eigenvalue weighted by Gasteiger charge is 2.27. The Morgan fingerprint density at radius 3 is 2.72 bits per heavy atom. The monoisotopic (exact) mass is 400 g/mol. The van der Waals surface area contributed by atoms with Crippen molar-refractivity contribution in [2.24, 2.45) is 0 Å². The Hall–Kier alpha value is -3.36. The van der Waals surface area contributed by atoms with E-state index < -0.39 is 11.6 Å². The lowest BCUT2D eigenvalue weighted by Crippen LogP contribution is -2.39. The maximum atomic E-state index is 13.8. The van der Waals surface area contributed by atoms with Crippen LogP contribution in [-0.2, 0) is 11.2 Å². The second-order valence-corrected chi connectivity index (χ2v) is 6.97. The normalized spacial score (nSPS) is 14.9. The lowest BCUT2D eigenvalue weighted by Gasteiger charge is -2.30. The second kappa shape index (κ2) is 7.94. The summed E-state index contributed by atoms with van der Waals surface area (Å²) < 4.78 is 32.3. The molecule has 3 heterocycles. The van der Waals surface area contributed by atoms with E-state index in [0.717, 1.165) is 18.2 Å². The molecule has 1 N–H and O–H groups in total. The van der Waals surface area contributed by atoms with Crippen LogP contribution in [0.25, 0.3) is 11.5 Å². The van der Waals surface area contributed by atoms with Crippen LogP contribution in [-0.4, -0.2) is 39.0 Å². The third-order valence-corrected chi connectivity index (χ3v) is 5.04. The van der Waals surface area contributed by atoms with Gasteiger partial charge in [0.25, 0.3) is 5.89 Å². The highest BCUT2D eigenvalue weighted by molar-refractivity contribution is 5.79. The van der Waals surface area contributed by atoms with Crippen molar-refractivity contribution in [3.05, 3.63) is 69.9 Å². The van der Waals surface area contributed by atoms with Crippen molar-refractivity contribution < 1.29 is 18.1 Å². The number of halogens is 2. The first-order valence-electron chi connectivity index (χ1n) is 9.24. The van der Waals surface area contributed by atoms with Crippen LogP contribution < -0.4 is 5.56 Å². The van der Waals surface area contributed by atoms with Crippen LogP contribution in [0.2, 0.25) is 0 Å². The predicted octanol–water partition coefficient (Wildman–Crippen LogP) is 2.65. The van der Waals surface area contributed by atoms with Crippen molar-refractivity contribution in [2.45, 2.75) is 25.2 Å². The molecule has 4 rings (SSSR count). The SMILES string of the molecule is O=C(Cc1cc(F)ccc1F)N1CCC(c2noc(-c3ccc(=O)[nH]c3)n2)CC1. The van der Waals surface area contributed by atoms with Crippen LogP contribution in [0.3, 0.4) is 0 Å². The van der Waals surface area contributed by atoms with Gasteiger partial charge in [-0.2, -0.15) is 4.98 Å². The molecule has 0 aliphatic carbocycles. The fraction of sp³-hybridized carbons (Fsp3) is 0.300. The lowest BCUT2D eigenvalue weighted by atomic mass is 9.95. The van der Waals surface area contributed by atoms with Crippen molar-refractivity contribution in [1.29, 1.82) is 0 Å². The number of H-pyrrole nitrogens is 1. The molecule has 0 radical (unpaired) electrons. The van der Waals surface area contributed by atoms with Gasteiger partial charge >= 0.3 is 0 Å². The number of rotatable bonds is 4. The van der Waals surface area contributed by atoms with Gasteiger partial charge in [0.05, 0.1) is 12.0 Å². The van der Waals surface area contributed by atoms with Crippen molar-refractivity contribution in [2.75, 3.05) is 13.1 Å². The Balaban J connectivity index is 1.37. The minimum absolute atomic E-state index is 0.0326. The number of nitrogens with zero attached hydrogens (tertiary/aromatic N) is 3. The van der Waals surface area contributed by atoms with E-state index in [4.69, 9.17) is 4.52 Å². The largest absolute Gasteiger partial charge is 0.342 e. The topological polar surface area (TPSA) is 92.1 Å². The number of amides is 1. The molecule has 0 spiro atoms. The van der Waals surface area contributed by atoms with Crippen LogP contribution in [0.15, 0.2) is 45.8 Å². The third kappa shape index (κ3) is 4.23. The Morgan fingerprint density at radius 2 is 2.00 bits per heavy atom. The number of likely N-dealkylation sites (tertiary alicyclic amines) is 1. The van der Waals surface area contributed by atoms with Crippen LogP contribution in [0.1, 0.15) is 30.1 Å². The molecule has 1 amide bonds. The highest BCUT2D eigenvalue weighted by atomic mass is 19.1. The molecule has 150 valence electrons. The minimum Gasteiger partial charge on any atom is -0.342 e. The van der Waals surface area contributed by atoms with E-state index in [1.54, 1.807) is 11.0 Å². The van der Waals surface area contributed by atoms with Gasteiger partial charge in [-0.3, -0.25) is 9.59 Å². The van der Waals surface area contributed by atoms with Crippen LogP contribution in [0, 0.1) is 11.6 Å². The molecule has 1 aliphatic heterocycles. The number of carbonyl (C=O) groups excluding carboxylic acids is 1. The van der Waals surface area contributed by atoms with E-state index in [0.29, 0.717) is 43.2 Å². The molecule has 7 nitrogen and oxygen atoms in total. The number of aromatic nitrogens is 3.